The number of fused-ring (bicyclic) bond motifs is 12. The van der Waals surface area contributed by atoms with Crippen molar-refractivity contribution in [3.8, 4) is 84.5 Å². The molecule has 0 fully saturated rings. The molecule has 4 nitrogen and oxygen atoms in total. The van der Waals surface area contributed by atoms with Crippen molar-refractivity contribution < 1.29 is 0 Å². The summed E-state index contributed by atoms with van der Waals surface area (Å²) in [5.74, 6) is 0.631. The van der Waals surface area contributed by atoms with Gasteiger partial charge in [-0.3, -0.25) is 4.98 Å². The van der Waals surface area contributed by atoms with Crippen LogP contribution >= 0.6 is 0 Å². The van der Waals surface area contributed by atoms with E-state index in [1.54, 1.807) is 0 Å². The molecule has 0 aliphatic heterocycles. The maximum Gasteiger partial charge on any atom is 0.160 e. The Balaban J connectivity index is 1.16. The molecule has 0 saturated carbocycles. The molecule has 11 rings (SSSR count). The van der Waals surface area contributed by atoms with Gasteiger partial charge < -0.3 is 0 Å². The van der Waals surface area contributed by atoms with E-state index in [1.165, 1.54) is 55.6 Å². The molecule has 0 unspecified atom stereocenters. The number of pyridine rings is 1. The molecule has 2 aliphatic carbocycles. The Hall–Kier alpha value is -7.74. The van der Waals surface area contributed by atoms with Gasteiger partial charge in [0.2, 0.25) is 0 Å². The summed E-state index contributed by atoms with van der Waals surface area (Å²) in [4.78, 5) is 14.6. The Bertz CT molecular complexity index is 3020. The first-order chi connectivity index (χ1) is 28.2. The van der Waals surface area contributed by atoms with Crippen molar-refractivity contribution >= 4 is 0 Å². The summed E-state index contributed by atoms with van der Waals surface area (Å²) in [6.07, 6.45) is 3.62. The zero-order valence-electron chi connectivity index (χ0n) is 30.8. The van der Waals surface area contributed by atoms with E-state index in [1.807, 2.05) is 48.8 Å². The number of hydrogen-bond acceptors (Lipinski definition) is 4. The van der Waals surface area contributed by atoms with Gasteiger partial charge >= 0.3 is 0 Å². The predicted molar refractivity (Wildman–Crippen MR) is 228 cm³/mol. The van der Waals surface area contributed by atoms with Gasteiger partial charge in [-0.05, 0) is 103 Å². The van der Waals surface area contributed by atoms with Crippen molar-refractivity contribution in [3.63, 3.8) is 0 Å². The van der Waals surface area contributed by atoms with E-state index in [-0.39, 0.29) is 0 Å². The van der Waals surface area contributed by atoms with Crippen molar-refractivity contribution in [2.75, 3.05) is 0 Å². The lowest BCUT2D eigenvalue weighted by Crippen LogP contribution is -2.29. The van der Waals surface area contributed by atoms with Crippen molar-refractivity contribution in [3.05, 3.63) is 222 Å². The molecule has 7 aromatic carbocycles. The molecule has 0 saturated heterocycles. The molecule has 9 aromatic rings. The zero-order valence-corrected chi connectivity index (χ0v) is 30.8. The van der Waals surface area contributed by atoms with Gasteiger partial charge in [0.25, 0.3) is 0 Å². The van der Waals surface area contributed by atoms with Crippen molar-refractivity contribution in [2.24, 2.45) is 0 Å². The monoisotopic (exact) mass is 724 g/mol. The Kier molecular flexibility index (Phi) is 7.42. The van der Waals surface area contributed by atoms with Crippen LogP contribution in [0.25, 0.3) is 78.4 Å². The lowest BCUT2D eigenvalue weighted by Gasteiger charge is -2.35. The number of rotatable bonds is 4. The van der Waals surface area contributed by atoms with Crippen LogP contribution in [0, 0.1) is 11.3 Å². The Labute approximate surface area is 331 Å². The summed E-state index contributed by atoms with van der Waals surface area (Å²) >= 11 is 0. The van der Waals surface area contributed by atoms with E-state index in [4.69, 9.17) is 9.97 Å². The standard InChI is InChI=1S/C53H32N4/c54-33-34-17-19-37(20-18-34)50-32-51(57-52(56-50)38-23-21-35(22-24-38)36-27-29-55-30-28-36)39-25-26-49-45(31-39)41-10-2-1-9-40(41)42-11-3-6-14-46(42)53(49)47-15-7-4-12-43(47)44-13-5-8-16-48(44)53/h1-32H. The molecule has 0 radical (unpaired) electrons. The van der Waals surface area contributed by atoms with Gasteiger partial charge in [0, 0.05) is 29.1 Å². The average Bonchev–Trinajstić information content (AvgIpc) is 3.54. The number of benzene rings is 7. The first-order valence-electron chi connectivity index (χ1n) is 19.1. The molecule has 57 heavy (non-hydrogen) atoms. The minimum Gasteiger partial charge on any atom is -0.265 e. The second-order valence-electron chi connectivity index (χ2n) is 14.7. The zero-order chi connectivity index (χ0) is 37.9. The van der Waals surface area contributed by atoms with Gasteiger partial charge in [-0.2, -0.15) is 5.26 Å². The Morgan fingerprint density at radius 1 is 0.368 bits per heavy atom. The van der Waals surface area contributed by atoms with Gasteiger partial charge in [0.05, 0.1) is 28.4 Å². The highest BCUT2D eigenvalue weighted by Gasteiger charge is 2.49. The van der Waals surface area contributed by atoms with Gasteiger partial charge in [-0.25, -0.2) is 9.97 Å². The predicted octanol–water partition coefficient (Wildman–Crippen LogP) is 12.4. The summed E-state index contributed by atoms with van der Waals surface area (Å²) in [5, 5.41) is 9.54. The highest BCUT2D eigenvalue weighted by Crippen LogP contribution is 2.61. The van der Waals surface area contributed by atoms with Gasteiger partial charge in [-0.15, -0.1) is 0 Å². The van der Waals surface area contributed by atoms with Crippen LogP contribution in [0.2, 0.25) is 0 Å². The third-order valence-corrected chi connectivity index (χ3v) is 11.7. The van der Waals surface area contributed by atoms with Crippen LogP contribution in [-0.2, 0) is 5.41 Å². The number of aromatic nitrogens is 3. The smallest absolute Gasteiger partial charge is 0.160 e. The molecule has 0 amide bonds. The van der Waals surface area contributed by atoms with Crippen molar-refractivity contribution in [1.29, 1.82) is 5.26 Å². The lowest BCUT2D eigenvalue weighted by atomic mass is 9.66. The van der Waals surface area contributed by atoms with E-state index in [2.05, 4.69) is 157 Å². The fourth-order valence-corrected chi connectivity index (χ4v) is 9.16. The molecule has 2 heterocycles. The van der Waals surface area contributed by atoms with E-state index in [9.17, 15) is 5.26 Å². The highest BCUT2D eigenvalue weighted by atomic mass is 14.9. The van der Waals surface area contributed by atoms with Crippen LogP contribution in [0.15, 0.2) is 194 Å². The van der Waals surface area contributed by atoms with Gasteiger partial charge in [0.15, 0.2) is 5.82 Å². The highest BCUT2D eigenvalue weighted by molar-refractivity contribution is 5.98. The van der Waals surface area contributed by atoms with E-state index in [0.717, 1.165) is 39.2 Å². The molecule has 0 N–H and O–H groups in total. The van der Waals surface area contributed by atoms with E-state index >= 15 is 0 Å². The summed E-state index contributed by atoms with van der Waals surface area (Å²) in [7, 11) is 0. The maximum absolute atomic E-state index is 9.54. The second-order valence-corrected chi connectivity index (χ2v) is 14.7. The molecule has 1 spiro atoms. The molecule has 4 heteroatoms. The third kappa shape index (κ3) is 5.03. The minimum atomic E-state index is -0.544. The van der Waals surface area contributed by atoms with Crippen LogP contribution in [0.5, 0.6) is 0 Å². The number of nitriles is 1. The molecule has 2 aromatic heterocycles. The van der Waals surface area contributed by atoms with Crippen LogP contribution in [-0.4, -0.2) is 15.0 Å². The number of nitrogens with zero attached hydrogens (tertiary/aromatic N) is 4. The Morgan fingerprint density at radius 3 is 1.40 bits per heavy atom. The van der Waals surface area contributed by atoms with E-state index in [0.29, 0.717) is 11.4 Å². The first kappa shape index (κ1) is 32.7. The Morgan fingerprint density at radius 2 is 0.807 bits per heavy atom. The maximum atomic E-state index is 9.54. The van der Waals surface area contributed by atoms with Crippen LogP contribution in [0.4, 0.5) is 0 Å². The SMILES string of the molecule is N#Cc1ccc(-c2cc(-c3ccc4c(c3)-c3ccccc3-c3ccccc3C43c4ccccc4-c4ccccc43)nc(-c3ccc(-c4ccncc4)cc3)n2)cc1. The van der Waals surface area contributed by atoms with Crippen LogP contribution in [0.3, 0.4) is 0 Å². The molecular formula is C53H32N4. The normalized spacial score (nSPS) is 12.7. The molecule has 0 atom stereocenters. The topological polar surface area (TPSA) is 62.5 Å². The average molecular weight is 725 g/mol. The summed E-state index contributed by atoms with van der Waals surface area (Å²) in [6, 6.07) is 66.9. The first-order valence-corrected chi connectivity index (χ1v) is 19.1. The summed E-state index contributed by atoms with van der Waals surface area (Å²) < 4.78 is 0. The fraction of sp³-hybridized carbons (Fsp3) is 0.0189. The van der Waals surface area contributed by atoms with Gasteiger partial charge in [0.1, 0.15) is 0 Å². The fourth-order valence-electron chi connectivity index (χ4n) is 9.16. The molecular weight excluding hydrogens is 693 g/mol. The third-order valence-electron chi connectivity index (χ3n) is 11.7. The van der Waals surface area contributed by atoms with Crippen LogP contribution < -0.4 is 0 Å². The molecule has 0 bridgehead atoms. The lowest BCUT2D eigenvalue weighted by molar-refractivity contribution is 0.775. The van der Waals surface area contributed by atoms with Gasteiger partial charge in [-0.1, -0.05) is 146 Å². The summed E-state index contributed by atoms with van der Waals surface area (Å²) in [6.45, 7) is 0. The summed E-state index contributed by atoms with van der Waals surface area (Å²) in [5.41, 5.74) is 19.2. The van der Waals surface area contributed by atoms with Crippen LogP contribution in [0.1, 0.15) is 27.8 Å². The quantitative estimate of drug-likeness (QED) is 0.181. The molecule has 264 valence electrons. The minimum absolute atomic E-state index is 0.544. The second kappa shape index (κ2) is 12.9. The van der Waals surface area contributed by atoms with E-state index < -0.39 is 5.41 Å². The van der Waals surface area contributed by atoms with Crippen molar-refractivity contribution in [1.82, 2.24) is 15.0 Å². The molecule has 2 aliphatic rings. The largest absolute Gasteiger partial charge is 0.265 e. The number of hydrogen-bond donors (Lipinski definition) is 0. The van der Waals surface area contributed by atoms with Crippen molar-refractivity contribution in [2.45, 2.75) is 5.41 Å².